The van der Waals surface area contributed by atoms with Gasteiger partial charge in [-0.15, -0.1) is 0 Å². The van der Waals surface area contributed by atoms with Gasteiger partial charge in [0.05, 0.1) is 17.4 Å². The number of rotatable bonds is 4. The highest BCUT2D eigenvalue weighted by molar-refractivity contribution is 5.92. The lowest BCUT2D eigenvalue weighted by atomic mass is 9.46. The number of oxime groups is 1. The van der Waals surface area contributed by atoms with E-state index in [0.717, 1.165) is 38.5 Å². The largest absolute Gasteiger partial charge is 0.458 e. The van der Waals surface area contributed by atoms with E-state index in [2.05, 4.69) is 25.1 Å². The fourth-order valence-electron chi connectivity index (χ4n) is 8.77. The van der Waals surface area contributed by atoms with Crippen molar-refractivity contribution in [1.82, 2.24) is 0 Å². The molecule has 4 aliphatic rings. The molecule has 8 atom stereocenters. The van der Waals surface area contributed by atoms with E-state index in [9.17, 15) is 15.1 Å². The van der Waals surface area contributed by atoms with Crippen molar-refractivity contribution in [2.45, 2.75) is 83.5 Å². The summed E-state index contributed by atoms with van der Waals surface area (Å²) in [5.74, 6) is 1.02. The van der Waals surface area contributed by atoms with Gasteiger partial charge in [0, 0.05) is 18.9 Å². The van der Waals surface area contributed by atoms with Gasteiger partial charge in [0.1, 0.15) is 11.7 Å². The number of allylic oxidation sites excluding steroid dienone is 1. The zero-order chi connectivity index (χ0) is 25.0. The highest BCUT2D eigenvalue weighted by Crippen LogP contribution is 2.68. The number of hydrogen-bond acceptors (Lipinski definition) is 6. The average molecular weight is 482 g/mol. The standard InChI is InChI=1S/C29H39NO5/c1-18(30-33)29(34-4)25(31)17-24-22-11-10-20-16-21(35-26(32)19-8-6-5-7-9-19)12-14-27(20,2)23(22)13-15-28(24,29)3/h5-10,21-25,31,33H,11-17H2,1-4H3/t21-,22+,23-,24-,25+,27-,28-,29?/m0/s1. The van der Waals surface area contributed by atoms with E-state index in [1.807, 2.05) is 18.2 Å². The van der Waals surface area contributed by atoms with E-state index in [0.29, 0.717) is 29.5 Å². The molecule has 3 fully saturated rings. The van der Waals surface area contributed by atoms with Gasteiger partial charge in [-0.05, 0) is 80.8 Å². The number of fused-ring (bicyclic) bond motifs is 5. The Morgan fingerprint density at radius 2 is 1.86 bits per heavy atom. The molecule has 2 N–H and O–H groups in total. The lowest BCUT2D eigenvalue weighted by Crippen LogP contribution is -2.60. The molecule has 1 aromatic carbocycles. The van der Waals surface area contributed by atoms with Gasteiger partial charge in [0.2, 0.25) is 0 Å². The molecule has 0 saturated heterocycles. The van der Waals surface area contributed by atoms with Crippen molar-refractivity contribution < 1.29 is 24.6 Å². The number of hydrogen-bond donors (Lipinski definition) is 2. The van der Waals surface area contributed by atoms with Crippen LogP contribution in [0.2, 0.25) is 0 Å². The number of aliphatic hydroxyl groups excluding tert-OH is 1. The van der Waals surface area contributed by atoms with Gasteiger partial charge in [-0.3, -0.25) is 0 Å². The second-order valence-corrected chi connectivity index (χ2v) is 11.7. The number of nitrogens with zero attached hydrogens (tertiary/aromatic N) is 1. The van der Waals surface area contributed by atoms with Crippen LogP contribution in [0.4, 0.5) is 0 Å². The predicted molar refractivity (Wildman–Crippen MR) is 133 cm³/mol. The maximum Gasteiger partial charge on any atom is 0.338 e. The van der Waals surface area contributed by atoms with E-state index in [1.165, 1.54) is 5.57 Å². The Morgan fingerprint density at radius 3 is 2.54 bits per heavy atom. The lowest BCUT2D eigenvalue weighted by Gasteiger charge is -2.59. The van der Waals surface area contributed by atoms with Crippen LogP contribution in [0, 0.1) is 28.6 Å². The summed E-state index contributed by atoms with van der Waals surface area (Å²) in [6.45, 7) is 6.40. The van der Waals surface area contributed by atoms with E-state index < -0.39 is 11.7 Å². The molecule has 4 aliphatic carbocycles. The Kier molecular flexibility index (Phi) is 6.12. The van der Waals surface area contributed by atoms with Gasteiger partial charge >= 0.3 is 5.97 Å². The van der Waals surface area contributed by atoms with Crippen molar-refractivity contribution in [1.29, 1.82) is 0 Å². The van der Waals surface area contributed by atoms with Crippen molar-refractivity contribution in [2.75, 3.05) is 7.11 Å². The third-order valence-corrected chi connectivity index (χ3v) is 10.5. The fourth-order valence-corrected chi connectivity index (χ4v) is 8.77. The molecule has 0 aliphatic heterocycles. The average Bonchev–Trinajstić information content (AvgIpc) is 3.10. The normalized spacial score (nSPS) is 42.9. The van der Waals surface area contributed by atoms with Crippen LogP contribution in [-0.4, -0.2) is 46.9 Å². The summed E-state index contributed by atoms with van der Waals surface area (Å²) in [6.07, 6.45) is 7.93. The van der Waals surface area contributed by atoms with Gasteiger partial charge in [0.15, 0.2) is 0 Å². The Balaban J connectivity index is 1.38. The molecule has 0 bridgehead atoms. The molecule has 0 aromatic heterocycles. The minimum absolute atomic E-state index is 0.0784. The van der Waals surface area contributed by atoms with Crippen molar-refractivity contribution in [3.05, 3.63) is 47.5 Å². The monoisotopic (exact) mass is 481 g/mol. The van der Waals surface area contributed by atoms with Crippen LogP contribution in [0.1, 0.15) is 76.1 Å². The minimum atomic E-state index is -0.953. The van der Waals surface area contributed by atoms with E-state index in [-0.39, 0.29) is 28.8 Å². The van der Waals surface area contributed by atoms with Crippen molar-refractivity contribution in [3.63, 3.8) is 0 Å². The van der Waals surface area contributed by atoms with E-state index in [4.69, 9.17) is 9.47 Å². The molecule has 0 spiro atoms. The third-order valence-electron chi connectivity index (χ3n) is 10.5. The zero-order valence-electron chi connectivity index (χ0n) is 21.4. The summed E-state index contributed by atoms with van der Waals surface area (Å²) in [6, 6.07) is 9.23. The van der Waals surface area contributed by atoms with Crippen molar-refractivity contribution in [2.24, 2.45) is 33.7 Å². The molecule has 35 heavy (non-hydrogen) atoms. The second kappa shape index (κ2) is 8.74. The first kappa shape index (κ1) is 24.5. The fraction of sp³-hybridized carbons (Fsp3) is 0.655. The Labute approximate surface area is 208 Å². The SMILES string of the molecule is COC1(C(C)=NO)[C@H](O)C[C@H]2[C@@H]3CC=C4C[C@@H](OC(=O)c5ccccc5)CC[C@]4(C)[C@H]3CC[C@@]21C. The minimum Gasteiger partial charge on any atom is -0.458 e. The molecule has 6 heteroatoms. The summed E-state index contributed by atoms with van der Waals surface area (Å²) in [4.78, 5) is 12.6. The summed E-state index contributed by atoms with van der Waals surface area (Å²) in [7, 11) is 1.63. The Bertz CT molecular complexity index is 1040. The quantitative estimate of drug-likeness (QED) is 0.198. The number of ether oxygens (including phenoxy) is 2. The van der Waals surface area contributed by atoms with Crippen LogP contribution in [0.5, 0.6) is 0 Å². The molecule has 0 amide bonds. The molecule has 1 unspecified atom stereocenters. The smallest absolute Gasteiger partial charge is 0.338 e. The molecule has 0 radical (unpaired) electrons. The summed E-state index contributed by atoms with van der Waals surface area (Å²) >= 11 is 0. The van der Waals surface area contributed by atoms with E-state index >= 15 is 0 Å². The third kappa shape index (κ3) is 3.43. The van der Waals surface area contributed by atoms with Gasteiger partial charge < -0.3 is 19.8 Å². The number of methoxy groups -OCH3 is 1. The zero-order valence-corrected chi connectivity index (χ0v) is 21.4. The number of carbonyl (C=O) groups is 1. The van der Waals surface area contributed by atoms with Crippen LogP contribution >= 0.6 is 0 Å². The van der Waals surface area contributed by atoms with Crippen LogP contribution in [0.15, 0.2) is 47.1 Å². The van der Waals surface area contributed by atoms with Gasteiger partial charge in [-0.25, -0.2) is 4.79 Å². The second-order valence-electron chi connectivity index (χ2n) is 11.7. The molecular formula is C29H39NO5. The first-order valence-electron chi connectivity index (χ1n) is 13.1. The maximum absolute atomic E-state index is 12.6. The summed E-state index contributed by atoms with van der Waals surface area (Å²) in [5, 5.41) is 24.4. The first-order chi connectivity index (χ1) is 16.7. The molecule has 0 heterocycles. The first-order valence-corrected chi connectivity index (χ1v) is 13.1. The molecule has 3 saturated carbocycles. The van der Waals surface area contributed by atoms with Crippen LogP contribution in [0.3, 0.4) is 0 Å². The molecule has 190 valence electrons. The predicted octanol–water partition coefficient (Wildman–Crippen LogP) is 5.38. The van der Waals surface area contributed by atoms with Crippen LogP contribution in [0.25, 0.3) is 0 Å². The van der Waals surface area contributed by atoms with Gasteiger partial charge in [-0.2, -0.15) is 0 Å². The maximum atomic E-state index is 12.6. The van der Waals surface area contributed by atoms with Gasteiger partial charge in [-0.1, -0.05) is 48.9 Å². The molecule has 6 nitrogen and oxygen atoms in total. The molecule has 5 rings (SSSR count). The Hall–Kier alpha value is -2.18. The van der Waals surface area contributed by atoms with Crippen LogP contribution in [-0.2, 0) is 9.47 Å². The molecular weight excluding hydrogens is 442 g/mol. The van der Waals surface area contributed by atoms with Crippen molar-refractivity contribution in [3.8, 4) is 0 Å². The van der Waals surface area contributed by atoms with Crippen LogP contribution < -0.4 is 0 Å². The summed E-state index contributed by atoms with van der Waals surface area (Å²) in [5.41, 5.74) is 1.35. The number of aliphatic hydroxyl groups is 1. The highest BCUT2D eigenvalue weighted by atomic mass is 16.5. The topological polar surface area (TPSA) is 88.3 Å². The molecule has 1 aromatic rings. The highest BCUT2D eigenvalue weighted by Gasteiger charge is 2.69. The number of benzene rings is 1. The van der Waals surface area contributed by atoms with Gasteiger partial charge in [0.25, 0.3) is 0 Å². The van der Waals surface area contributed by atoms with Crippen molar-refractivity contribution >= 4 is 11.7 Å². The summed E-state index contributed by atoms with van der Waals surface area (Å²) < 4.78 is 12.0. The number of esters is 1. The number of carbonyl (C=O) groups excluding carboxylic acids is 1. The van der Waals surface area contributed by atoms with E-state index in [1.54, 1.807) is 26.2 Å². The Morgan fingerprint density at radius 1 is 1.11 bits per heavy atom. The lowest BCUT2D eigenvalue weighted by molar-refractivity contribution is -0.131.